The summed E-state index contributed by atoms with van der Waals surface area (Å²) in [6, 6.07) is -0.461. The highest BCUT2D eigenvalue weighted by Crippen LogP contribution is 2.13. The third kappa shape index (κ3) is 8.09. The molecule has 0 aromatic carbocycles. The van der Waals surface area contributed by atoms with E-state index in [0.29, 0.717) is 0 Å². The summed E-state index contributed by atoms with van der Waals surface area (Å²) in [4.78, 5) is 22.6. The van der Waals surface area contributed by atoms with Crippen LogP contribution in [0.15, 0.2) is 0 Å². The lowest BCUT2D eigenvalue weighted by Gasteiger charge is -2.24. The predicted molar refractivity (Wildman–Crippen MR) is 72.5 cm³/mol. The summed E-state index contributed by atoms with van der Waals surface area (Å²) < 4.78 is 5.14. The lowest BCUT2D eigenvalue weighted by atomic mass is 9.96. The first-order chi connectivity index (χ1) is 8.30. The summed E-state index contributed by atoms with van der Waals surface area (Å²) in [6.45, 7) is 9.51. The van der Waals surface area contributed by atoms with E-state index in [1.165, 1.54) is 0 Å². The van der Waals surface area contributed by atoms with Gasteiger partial charge < -0.3 is 14.8 Å². The normalized spacial score (nSPS) is 14.7. The first-order valence-corrected chi connectivity index (χ1v) is 6.75. The van der Waals surface area contributed by atoms with Gasteiger partial charge in [0.2, 0.25) is 0 Å². The molecule has 0 rings (SSSR count). The van der Waals surface area contributed by atoms with Gasteiger partial charge in [0.25, 0.3) is 0 Å². The van der Waals surface area contributed by atoms with Crippen LogP contribution in [0, 0.1) is 5.92 Å². The van der Waals surface area contributed by atoms with E-state index >= 15 is 0 Å². The Balaban J connectivity index is 4.16. The lowest BCUT2D eigenvalue weighted by Crippen LogP contribution is -2.43. The fourth-order valence-electron chi connectivity index (χ4n) is 1.65. The fourth-order valence-corrected chi connectivity index (χ4v) is 1.65. The van der Waals surface area contributed by atoms with Crippen molar-refractivity contribution in [3.63, 3.8) is 0 Å². The van der Waals surface area contributed by atoms with E-state index in [-0.39, 0.29) is 5.92 Å². The lowest BCUT2D eigenvalue weighted by molar-refractivity contribution is -0.110. The Morgan fingerprint density at radius 1 is 1.33 bits per heavy atom. The van der Waals surface area contributed by atoms with Crippen molar-refractivity contribution < 1.29 is 14.3 Å². The SMILES string of the molecule is CCCCCC(C)C(C=O)NC(=O)OC(C)(C)C. The van der Waals surface area contributed by atoms with Crippen LogP contribution in [-0.4, -0.2) is 24.0 Å². The minimum atomic E-state index is -0.539. The van der Waals surface area contributed by atoms with Crippen molar-refractivity contribution in [2.45, 2.75) is 71.9 Å². The number of carbonyl (C=O) groups excluding carboxylic acids is 2. The van der Waals surface area contributed by atoms with Crippen LogP contribution < -0.4 is 5.32 Å². The van der Waals surface area contributed by atoms with Crippen LogP contribution in [0.1, 0.15) is 60.3 Å². The summed E-state index contributed by atoms with van der Waals surface area (Å²) in [5, 5.41) is 2.62. The Morgan fingerprint density at radius 3 is 2.39 bits per heavy atom. The second kappa shape index (κ2) is 8.11. The third-order valence-corrected chi connectivity index (χ3v) is 2.71. The summed E-state index contributed by atoms with van der Waals surface area (Å²) in [6.07, 6.45) is 4.59. The zero-order chi connectivity index (χ0) is 14.2. The predicted octanol–water partition coefficient (Wildman–Crippen LogP) is 3.30. The smallest absolute Gasteiger partial charge is 0.408 e. The molecule has 0 aliphatic carbocycles. The first kappa shape index (κ1) is 16.9. The first-order valence-electron chi connectivity index (χ1n) is 6.75. The number of nitrogens with one attached hydrogen (secondary N) is 1. The summed E-state index contributed by atoms with van der Waals surface area (Å²) in [5.74, 6) is 0.140. The monoisotopic (exact) mass is 257 g/mol. The Bertz CT molecular complexity index is 258. The number of carbonyl (C=O) groups is 2. The summed E-state index contributed by atoms with van der Waals surface area (Å²) in [7, 11) is 0. The molecule has 1 N–H and O–H groups in total. The second-order valence-electron chi connectivity index (χ2n) is 5.78. The molecule has 0 aliphatic rings. The van der Waals surface area contributed by atoms with Crippen molar-refractivity contribution in [2.75, 3.05) is 0 Å². The van der Waals surface area contributed by atoms with Gasteiger partial charge in [0.15, 0.2) is 0 Å². The molecule has 0 aromatic rings. The molecular formula is C14H27NO3. The Labute approximate surface area is 110 Å². The van der Waals surface area contributed by atoms with E-state index in [9.17, 15) is 9.59 Å². The van der Waals surface area contributed by atoms with Crippen LogP contribution in [0.4, 0.5) is 4.79 Å². The zero-order valence-corrected chi connectivity index (χ0v) is 12.3. The largest absolute Gasteiger partial charge is 0.444 e. The van der Waals surface area contributed by atoms with Gasteiger partial charge in [-0.3, -0.25) is 0 Å². The Hall–Kier alpha value is -1.06. The van der Waals surface area contributed by atoms with Gasteiger partial charge in [0.05, 0.1) is 6.04 Å². The molecule has 0 fully saturated rings. The molecule has 106 valence electrons. The number of aldehydes is 1. The highest BCUT2D eigenvalue weighted by atomic mass is 16.6. The van der Waals surface area contributed by atoms with Crippen LogP contribution in [0.2, 0.25) is 0 Å². The molecule has 4 heteroatoms. The fraction of sp³-hybridized carbons (Fsp3) is 0.857. The molecule has 2 atom stereocenters. The minimum Gasteiger partial charge on any atom is -0.444 e. The van der Waals surface area contributed by atoms with Crippen molar-refractivity contribution in [1.29, 1.82) is 0 Å². The molecule has 1 amide bonds. The zero-order valence-electron chi connectivity index (χ0n) is 12.3. The Kier molecular flexibility index (Phi) is 7.64. The third-order valence-electron chi connectivity index (χ3n) is 2.71. The van der Waals surface area contributed by atoms with Gasteiger partial charge in [0, 0.05) is 0 Å². The summed E-state index contributed by atoms with van der Waals surface area (Å²) >= 11 is 0. The number of alkyl carbamates (subject to hydrolysis) is 1. The molecular weight excluding hydrogens is 230 g/mol. The molecule has 0 aliphatic heterocycles. The highest BCUT2D eigenvalue weighted by molar-refractivity contribution is 5.73. The molecule has 0 spiro atoms. The molecule has 18 heavy (non-hydrogen) atoms. The standard InChI is InChI=1S/C14H27NO3/c1-6-7-8-9-11(2)12(10-16)15-13(17)18-14(3,4)5/h10-12H,6-9H2,1-5H3,(H,15,17). The van der Waals surface area contributed by atoms with Gasteiger partial charge >= 0.3 is 6.09 Å². The molecule has 2 unspecified atom stereocenters. The molecule has 0 heterocycles. The van der Waals surface area contributed by atoms with E-state index in [0.717, 1.165) is 32.0 Å². The molecule has 0 saturated carbocycles. The maximum Gasteiger partial charge on any atom is 0.408 e. The van der Waals surface area contributed by atoms with Gasteiger partial charge in [0.1, 0.15) is 11.9 Å². The average molecular weight is 257 g/mol. The second-order valence-corrected chi connectivity index (χ2v) is 5.78. The number of hydrogen-bond acceptors (Lipinski definition) is 3. The van der Waals surface area contributed by atoms with Gasteiger partial charge in [-0.25, -0.2) is 4.79 Å². The number of rotatable bonds is 7. The van der Waals surface area contributed by atoms with Crippen molar-refractivity contribution >= 4 is 12.4 Å². The molecule has 0 saturated heterocycles. The molecule has 4 nitrogen and oxygen atoms in total. The topological polar surface area (TPSA) is 55.4 Å². The van der Waals surface area contributed by atoms with E-state index in [2.05, 4.69) is 12.2 Å². The van der Waals surface area contributed by atoms with E-state index in [1.54, 1.807) is 20.8 Å². The maximum absolute atomic E-state index is 11.6. The Morgan fingerprint density at radius 2 is 1.94 bits per heavy atom. The highest BCUT2D eigenvalue weighted by Gasteiger charge is 2.22. The molecule has 0 aromatic heterocycles. The minimum absolute atomic E-state index is 0.140. The van der Waals surface area contributed by atoms with E-state index in [1.807, 2.05) is 6.92 Å². The number of hydrogen-bond donors (Lipinski definition) is 1. The van der Waals surface area contributed by atoms with Gasteiger partial charge in [-0.05, 0) is 33.1 Å². The summed E-state index contributed by atoms with van der Waals surface area (Å²) in [5.41, 5.74) is -0.539. The van der Waals surface area contributed by atoms with Gasteiger partial charge in [-0.15, -0.1) is 0 Å². The van der Waals surface area contributed by atoms with E-state index in [4.69, 9.17) is 4.74 Å². The van der Waals surface area contributed by atoms with Crippen molar-refractivity contribution in [3.8, 4) is 0 Å². The van der Waals surface area contributed by atoms with Crippen molar-refractivity contribution in [1.82, 2.24) is 5.32 Å². The number of unbranched alkanes of at least 4 members (excludes halogenated alkanes) is 2. The molecule has 0 radical (unpaired) electrons. The van der Waals surface area contributed by atoms with Crippen LogP contribution in [0.5, 0.6) is 0 Å². The van der Waals surface area contributed by atoms with Crippen LogP contribution in [0.25, 0.3) is 0 Å². The van der Waals surface area contributed by atoms with Crippen molar-refractivity contribution in [3.05, 3.63) is 0 Å². The number of ether oxygens (including phenoxy) is 1. The quantitative estimate of drug-likeness (QED) is 0.562. The van der Waals surface area contributed by atoms with E-state index < -0.39 is 17.7 Å². The number of amides is 1. The van der Waals surface area contributed by atoms with Gasteiger partial charge in [-0.1, -0.05) is 33.1 Å². The maximum atomic E-state index is 11.6. The van der Waals surface area contributed by atoms with Crippen molar-refractivity contribution in [2.24, 2.45) is 5.92 Å². The average Bonchev–Trinajstić information content (AvgIpc) is 2.23. The van der Waals surface area contributed by atoms with Gasteiger partial charge in [-0.2, -0.15) is 0 Å². The van der Waals surface area contributed by atoms with Crippen LogP contribution >= 0.6 is 0 Å². The molecule has 0 bridgehead atoms. The van der Waals surface area contributed by atoms with Crippen LogP contribution in [0.3, 0.4) is 0 Å². The van der Waals surface area contributed by atoms with Crippen LogP contribution in [-0.2, 0) is 9.53 Å².